The minimum atomic E-state index is -0.840. The van der Waals surface area contributed by atoms with Gasteiger partial charge in [-0.05, 0) is 38.0 Å². The molecule has 0 aliphatic carbocycles. The molecule has 0 aliphatic rings. The molecule has 5 heteroatoms. The summed E-state index contributed by atoms with van der Waals surface area (Å²) in [5.74, 6) is 0.812. The van der Waals surface area contributed by atoms with Gasteiger partial charge >= 0.3 is 0 Å². The predicted octanol–water partition coefficient (Wildman–Crippen LogP) is 1.40. The zero-order valence-corrected chi connectivity index (χ0v) is 13.5. The largest absolute Gasteiger partial charge is 0.491 e. The van der Waals surface area contributed by atoms with E-state index in [4.69, 9.17) is 4.74 Å². The normalized spacial score (nSPS) is 15.7. The molecule has 0 heterocycles. The lowest BCUT2D eigenvalue weighted by atomic mass is 10.1. The van der Waals surface area contributed by atoms with Crippen LogP contribution in [0.25, 0.3) is 0 Å². The Kier molecular flexibility index (Phi) is 7.19. The van der Waals surface area contributed by atoms with Crippen molar-refractivity contribution in [2.45, 2.75) is 32.1 Å². The third-order valence-corrected chi connectivity index (χ3v) is 4.45. The SMILES string of the molecule is Cc1ccc(C)c(OCC(O)CNCC(C)S(C)=O)c1. The van der Waals surface area contributed by atoms with Crippen LogP contribution < -0.4 is 10.1 Å². The zero-order chi connectivity index (χ0) is 15.1. The maximum absolute atomic E-state index is 11.2. The first-order valence-corrected chi connectivity index (χ1v) is 8.43. The first-order chi connectivity index (χ1) is 9.40. The van der Waals surface area contributed by atoms with E-state index in [1.54, 1.807) is 6.26 Å². The second kappa shape index (κ2) is 8.39. The lowest BCUT2D eigenvalue weighted by Crippen LogP contribution is -2.36. The molecule has 3 atom stereocenters. The number of ether oxygens (including phenoxy) is 1. The fraction of sp³-hybridized carbons (Fsp3) is 0.600. The van der Waals surface area contributed by atoms with Crippen molar-refractivity contribution in [2.75, 3.05) is 26.0 Å². The molecule has 4 nitrogen and oxygen atoms in total. The van der Waals surface area contributed by atoms with E-state index in [1.807, 2.05) is 39.0 Å². The van der Waals surface area contributed by atoms with Crippen molar-refractivity contribution in [3.05, 3.63) is 29.3 Å². The monoisotopic (exact) mass is 299 g/mol. The number of hydrogen-bond acceptors (Lipinski definition) is 4. The summed E-state index contributed by atoms with van der Waals surface area (Å²) in [6.07, 6.45) is 1.11. The van der Waals surface area contributed by atoms with Crippen molar-refractivity contribution >= 4 is 10.8 Å². The van der Waals surface area contributed by atoms with Gasteiger partial charge in [0.1, 0.15) is 18.5 Å². The van der Waals surface area contributed by atoms with Crippen molar-refractivity contribution in [1.82, 2.24) is 5.32 Å². The second-order valence-corrected chi connectivity index (χ2v) is 7.00. The van der Waals surface area contributed by atoms with Crippen LogP contribution in [0.4, 0.5) is 0 Å². The highest BCUT2D eigenvalue weighted by Crippen LogP contribution is 2.19. The number of aryl methyl sites for hydroxylation is 2. The molecule has 0 fully saturated rings. The summed E-state index contributed by atoms with van der Waals surface area (Å²) in [4.78, 5) is 0. The van der Waals surface area contributed by atoms with Gasteiger partial charge in [-0.2, -0.15) is 0 Å². The molecular formula is C15H25NO3S. The second-order valence-electron chi connectivity index (χ2n) is 5.20. The minimum Gasteiger partial charge on any atom is -0.491 e. The molecule has 0 amide bonds. The van der Waals surface area contributed by atoms with Crippen LogP contribution >= 0.6 is 0 Å². The van der Waals surface area contributed by atoms with Gasteiger partial charge in [0.25, 0.3) is 0 Å². The number of aliphatic hydroxyl groups is 1. The first kappa shape index (κ1) is 17.1. The zero-order valence-electron chi connectivity index (χ0n) is 12.7. The Hall–Kier alpha value is -0.910. The standard InChI is InChI=1S/C15H25NO3S/c1-11-5-6-12(2)15(7-11)19-10-14(17)9-16-8-13(3)20(4)18/h5-7,13-14,16-17H,8-10H2,1-4H3. The Morgan fingerprint density at radius 1 is 1.35 bits per heavy atom. The van der Waals surface area contributed by atoms with Crippen LogP contribution in [0.5, 0.6) is 5.75 Å². The van der Waals surface area contributed by atoms with Crippen LogP contribution in [-0.4, -0.2) is 46.6 Å². The van der Waals surface area contributed by atoms with E-state index >= 15 is 0 Å². The summed E-state index contributed by atoms with van der Waals surface area (Å²) in [5, 5.41) is 13.0. The maximum Gasteiger partial charge on any atom is 0.122 e. The van der Waals surface area contributed by atoms with Crippen LogP contribution in [0, 0.1) is 13.8 Å². The van der Waals surface area contributed by atoms with Gasteiger partial charge in [-0.15, -0.1) is 0 Å². The molecule has 0 saturated carbocycles. The van der Waals surface area contributed by atoms with Gasteiger partial charge in [0, 0.05) is 35.4 Å². The number of hydrogen-bond donors (Lipinski definition) is 2. The molecule has 0 aliphatic heterocycles. The topological polar surface area (TPSA) is 58.6 Å². The van der Waals surface area contributed by atoms with Gasteiger partial charge in [0.2, 0.25) is 0 Å². The molecule has 20 heavy (non-hydrogen) atoms. The Labute approximate surface area is 124 Å². The van der Waals surface area contributed by atoms with Crippen molar-refractivity contribution in [3.63, 3.8) is 0 Å². The van der Waals surface area contributed by atoms with Gasteiger partial charge in [0.15, 0.2) is 0 Å². The van der Waals surface area contributed by atoms with E-state index < -0.39 is 16.9 Å². The van der Waals surface area contributed by atoms with Crippen LogP contribution in [0.2, 0.25) is 0 Å². The fourth-order valence-electron chi connectivity index (χ4n) is 1.68. The molecule has 0 bridgehead atoms. The molecule has 0 radical (unpaired) electrons. The van der Waals surface area contributed by atoms with E-state index in [0.717, 1.165) is 16.9 Å². The Balaban J connectivity index is 2.31. The quantitative estimate of drug-likeness (QED) is 0.762. The number of aliphatic hydroxyl groups excluding tert-OH is 1. The predicted molar refractivity (Wildman–Crippen MR) is 83.8 cm³/mol. The van der Waals surface area contributed by atoms with Gasteiger partial charge in [0.05, 0.1) is 0 Å². The Bertz CT molecular complexity index is 451. The Morgan fingerprint density at radius 3 is 2.70 bits per heavy atom. The molecule has 0 aromatic heterocycles. The van der Waals surface area contributed by atoms with Crippen LogP contribution in [-0.2, 0) is 10.8 Å². The third-order valence-electron chi connectivity index (χ3n) is 3.15. The minimum absolute atomic E-state index is 0.0853. The number of nitrogens with one attached hydrogen (secondary N) is 1. The van der Waals surface area contributed by atoms with Gasteiger partial charge in [-0.1, -0.05) is 12.1 Å². The summed E-state index contributed by atoms with van der Waals surface area (Å²) >= 11 is 0. The Morgan fingerprint density at radius 2 is 2.05 bits per heavy atom. The number of benzene rings is 1. The summed E-state index contributed by atoms with van der Waals surface area (Å²) in [6.45, 7) is 7.23. The molecule has 0 saturated heterocycles. The lowest BCUT2D eigenvalue weighted by Gasteiger charge is -2.16. The number of rotatable bonds is 8. The molecule has 3 unspecified atom stereocenters. The third kappa shape index (κ3) is 6.03. The van der Waals surface area contributed by atoms with Gasteiger partial charge in [-0.3, -0.25) is 4.21 Å². The first-order valence-electron chi connectivity index (χ1n) is 6.81. The maximum atomic E-state index is 11.2. The van der Waals surface area contributed by atoms with Crippen molar-refractivity contribution in [1.29, 1.82) is 0 Å². The van der Waals surface area contributed by atoms with E-state index in [2.05, 4.69) is 5.32 Å². The highest BCUT2D eigenvalue weighted by atomic mass is 32.2. The molecule has 1 rings (SSSR count). The highest BCUT2D eigenvalue weighted by molar-refractivity contribution is 7.84. The molecule has 2 N–H and O–H groups in total. The van der Waals surface area contributed by atoms with E-state index in [9.17, 15) is 9.32 Å². The van der Waals surface area contributed by atoms with Gasteiger partial charge in [-0.25, -0.2) is 0 Å². The summed E-state index contributed by atoms with van der Waals surface area (Å²) in [7, 11) is -0.840. The molecular weight excluding hydrogens is 274 g/mol. The van der Waals surface area contributed by atoms with E-state index in [-0.39, 0.29) is 11.9 Å². The molecule has 1 aromatic carbocycles. The summed E-state index contributed by atoms with van der Waals surface area (Å²) in [6, 6.07) is 6.01. The van der Waals surface area contributed by atoms with Crippen molar-refractivity contribution < 1.29 is 14.1 Å². The summed E-state index contributed by atoms with van der Waals surface area (Å²) in [5.41, 5.74) is 2.20. The molecule has 114 valence electrons. The molecule has 0 spiro atoms. The molecule has 1 aromatic rings. The summed E-state index contributed by atoms with van der Waals surface area (Å²) < 4.78 is 16.8. The van der Waals surface area contributed by atoms with Crippen LogP contribution in [0.3, 0.4) is 0 Å². The van der Waals surface area contributed by atoms with Crippen LogP contribution in [0.1, 0.15) is 18.1 Å². The average molecular weight is 299 g/mol. The van der Waals surface area contributed by atoms with E-state index in [0.29, 0.717) is 13.1 Å². The highest BCUT2D eigenvalue weighted by Gasteiger charge is 2.09. The average Bonchev–Trinajstić information content (AvgIpc) is 2.39. The fourth-order valence-corrected chi connectivity index (χ4v) is 2.03. The van der Waals surface area contributed by atoms with Crippen LogP contribution in [0.15, 0.2) is 18.2 Å². The van der Waals surface area contributed by atoms with Crippen molar-refractivity contribution in [2.24, 2.45) is 0 Å². The van der Waals surface area contributed by atoms with Gasteiger partial charge < -0.3 is 15.2 Å². The smallest absolute Gasteiger partial charge is 0.122 e. The lowest BCUT2D eigenvalue weighted by molar-refractivity contribution is 0.106. The van der Waals surface area contributed by atoms with E-state index in [1.165, 1.54) is 0 Å². The van der Waals surface area contributed by atoms with Crippen molar-refractivity contribution in [3.8, 4) is 5.75 Å².